The summed E-state index contributed by atoms with van der Waals surface area (Å²) in [5.41, 5.74) is 7.19. The van der Waals surface area contributed by atoms with Gasteiger partial charge in [0.1, 0.15) is 6.04 Å². The molecule has 0 bridgehead atoms. The summed E-state index contributed by atoms with van der Waals surface area (Å²) in [5, 5.41) is 4.20. The molecule has 0 spiro atoms. The fourth-order valence-electron chi connectivity index (χ4n) is 4.98. The van der Waals surface area contributed by atoms with Crippen molar-refractivity contribution in [3.05, 3.63) is 36.0 Å². The van der Waals surface area contributed by atoms with E-state index in [0.29, 0.717) is 0 Å². The van der Waals surface area contributed by atoms with Crippen molar-refractivity contribution in [3.63, 3.8) is 0 Å². The van der Waals surface area contributed by atoms with Gasteiger partial charge in [-0.15, -0.1) is 0 Å². The quantitative estimate of drug-likeness (QED) is 0.703. The van der Waals surface area contributed by atoms with E-state index in [2.05, 4.69) is 28.5 Å². The fraction of sp³-hybridized carbons (Fsp3) is 0.583. The molecule has 2 amide bonds. The molecule has 1 saturated heterocycles. The number of carbonyl (C=O) groups excluding carboxylic acids is 2. The second-order valence-electron chi connectivity index (χ2n) is 9.57. The van der Waals surface area contributed by atoms with E-state index >= 15 is 0 Å². The molecule has 0 radical (unpaired) electrons. The van der Waals surface area contributed by atoms with Gasteiger partial charge in [0.05, 0.1) is 11.6 Å². The predicted molar refractivity (Wildman–Crippen MR) is 119 cm³/mol. The van der Waals surface area contributed by atoms with Crippen molar-refractivity contribution in [3.8, 4) is 0 Å². The minimum Gasteiger partial charge on any atom is -0.357 e. The average molecular weight is 411 g/mol. The van der Waals surface area contributed by atoms with Crippen molar-refractivity contribution in [2.45, 2.75) is 76.4 Å². The minimum absolute atomic E-state index is 0.0266. The molecular formula is C24H34N4O2. The topological polar surface area (TPSA) is 91.2 Å². The average Bonchev–Trinajstić information content (AvgIpc) is 3.37. The number of H-pyrrole nitrogens is 1. The van der Waals surface area contributed by atoms with Crippen LogP contribution in [0.5, 0.6) is 0 Å². The molecule has 1 aliphatic heterocycles. The Bertz CT molecular complexity index is 874. The normalized spacial score (nSPS) is 21.7. The Balaban J connectivity index is 1.59. The summed E-state index contributed by atoms with van der Waals surface area (Å²) in [6, 6.07) is 9.89. The first-order valence-corrected chi connectivity index (χ1v) is 11.3. The van der Waals surface area contributed by atoms with E-state index in [0.717, 1.165) is 61.7 Å². The van der Waals surface area contributed by atoms with Gasteiger partial charge in [0.2, 0.25) is 11.8 Å². The van der Waals surface area contributed by atoms with Crippen molar-refractivity contribution in [2.24, 2.45) is 11.7 Å². The molecule has 2 aromatic rings. The van der Waals surface area contributed by atoms with E-state index in [4.69, 9.17) is 5.73 Å². The van der Waals surface area contributed by atoms with Gasteiger partial charge in [0.25, 0.3) is 0 Å². The molecule has 6 nitrogen and oxygen atoms in total. The number of benzene rings is 1. The standard InChI is InChI=1S/C24H34N4O2/c1-24(2,25)23(30)27-21(16-9-4-3-5-10-16)22(29)28-14-8-13-20(28)19-15-17-11-6-7-12-18(17)26-19/h6-7,11-12,15-16,20-21,26H,3-5,8-10,13-14,25H2,1-2H3,(H,27,30). The van der Waals surface area contributed by atoms with Crippen LogP contribution in [0.1, 0.15) is 70.5 Å². The molecule has 2 unspecified atom stereocenters. The number of nitrogens with one attached hydrogen (secondary N) is 2. The van der Waals surface area contributed by atoms with Gasteiger partial charge in [0.15, 0.2) is 0 Å². The zero-order valence-corrected chi connectivity index (χ0v) is 18.1. The number of hydrogen-bond donors (Lipinski definition) is 3. The van der Waals surface area contributed by atoms with Gasteiger partial charge in [-0.25, -0.2) is 0 Å². The summed E-state index contributed by atoms with van der Waals surface area (Å²) in [4.78, 5) is 31.9. The molecule has 2 aliphatic rings. The van der Waals surface area contributed by atoms with Gasteiger partial charge in [-0.3, -0.25) is 9.59 Å². The van der Waals surface area contributed by atoms with Crippen LogP contribution in [0.2, 0.25) is 0 Å². The third kappa shape index (κ3) is 4.24. The van der Waals surface area contributed by atoms with Crippen molar-refractivity contribution in [2.75, 3.05) is 6.54 Å². The lowest BCUT2D eigenvalue weighted by Gasteiger charge is -2.36. The lowest BCUT2D eigenvalue weighted by Crippen LogP contribution is -2.58. The molecule has 30 heavy (non-hydrogen) atoms. The number of amides is 2. The van der Waals surface area contributed by atoms with Gasteiger partial charge in [-0.2, -0.15) is 0 Å². The summed E-state index contributed by atoms with van der Waals surface area (Å²) in [6.45, 7) is 4.10. The van der Waals surface area contributed by atoms with Crippen LogP contribution in [0.3, 0.4) is 0 Å². The first-order chi connectivity index (χ1) is 14.3. The Kier molecular flexibility index (Phi) is 5.87. The minimum atomic E-state index is -1.01. The summed E-state index contributed by atoms with van der Waals surface area (Å²) in [5.74, 6) is -0.0325. The van der Waals surface area contributed by atoms with Crippen molar-refractivity contribution >= 4 is 22.7 Å². The Hall–Kier alpha value is -2.34. The maximum absolute atomic E-state index is 13.8. The van der Waals surface area contributed by atoms with Gasteiger partial charge < -0.3 is 20.9 Å². The van der Waals surface area contributed by atoms with Crippen LogP contribution in [0, 0.1) is 5.92 Å². The molecule has 1 aromatic carbocycles. The molecule has 4 rings (SSSR count). The molecule has 2 fully saturated rings. The Morgan fingerprint density at radius 1 is 1.13 bits per heavy atom. The SMILES string of the molecule is CC(C)(N)C(=O)NC(C(=O)N1CCCC1c1cc2ccccc2[nH]1)C1CCCCC1. The lowest BCUT2D eigenvalue weighted by atomic mass is 9.82. The maximum Gasteiger partial charge on any atom is 0.246 e. The van der Waals surface area contributed by atoms with Crippen LogP contribution >= 0.6 is 0 Å². The third-order valence-corrected chi connectivity index (χ3v) is 6.70. The molecule has 2 atom stereocenters. The zero-order valence-electron chi connectivity index (χ0n) is 18.1. The Morgan fingerprint density at radius 2 is 1.87 bits per heavy atom. The van der Waals surface area contributed by atoms with E-state index in [9.17, 15) is 9.59 Å². The molecule has 162 valence electrons. The van der Waals surface area contributed by atoms with Crippen LogP contribution in [-0.2, 0) is 9.59 Å². The molecule has 1 aromatic heterocycles. The largest absolute Gasteiger partial charge is 0.357 e. The predicted octanol–water partition coefficient (Wildman–Crippen LogP) is 3.63. The smallest absolute Gasteiger partial charge is 0.246 e. The number of rotatable bonds is 5. The molecule has 6 heteroatoms. The number of carbonyl (C=O) groups is 2. The highest BCUT2D eigenvalue weighted by Gasteiger charge is 2.40. The van der Waals surface area contributed by atoms with E-state index in [1.165, 1.54) is 6.42 Å². The van der Waals surface area contributed by atoms with Crippen LogP contribution in [0.4, 0.5) is 0 Å². The van der Waals surface area contributed by atoms with Crippen LogP contribution in [-0.4, -0.2) is 39.8 Å². The second-order valence-corrected chi connectivity index (χ2v) is 9.57. The molecule has 2 heterocycles. The van der Waals surface area contributed by atoms with Crippen LogP contribution in [0.25, 0.3) is 10.9 Å². The summed E-state index contributed by atoms with van der Waals surface area (Å²) in [7, 11) is 0. The number of hydrogen-bond acceptors (Lipinski definition) is 3. The van der Waals surface area contributed by atoms with E-state index < -0.39 is 11.6 Å². The highest BCUT2D eigenvalue weighted by molar-refractivity contribution is 5.92. The van der Waals surface area contributed by atoms with Gasteiger partial charge >= 0.3 is 0 Å². The van der Waals surface area contributed by atoms with Gasteiger partial charge in [-0.1, -0.05) is 37.5 Å². The number of nitrogens with zero attached hydrogens (tertiary/aromatic N) is 1. The number of aromatic amines is 1. The van der Waals surface area contributed by atoms with Crippen LogP contribution in [0.15, 0.2) is 30.3 Å². The Morgan fingerprint density at radius 3 is 2.57 bits per heavy atom. The van der Waals surface area contributed by atoms with E-state index in [1.54, 1.807) is 13.8 Å². The second kappa shape index (κ2) is 8.42. The number of nitrogens with two attached hydrogens (primary N) is 1. The number of aromatic nitrogens is 1. The monoisotopic (exact) mass is 410 g/mol. The maximum atomic E-state index is 13.8. The van der Waals surface area contributed by atoms with Gasteiger partial charge in [0, 0.05) is 17.8 Å². The number of para-hydroxylation sites is 1. The number of likely N-dealkylation sites (tertiary alicyclic amines) is 1. The molecule has 1 aliphatic carbocycles. The van der Waals surface area contributed by atoms with Crippen molar-refractivity contribution in [1.82, 2.24) is 15.2 Å². The molecule has 1 saturated carbocycles. The third-order valence-electron chi connectivity index (χ3n) is 6.70. The highest BCUT2D eigenvalue weighted by Crippen LogP contribution is 2.36. The van der Waals surface area contributed by atoms with Crippen LogP contribution < -0.4 is 11.1 Å². The fourth-order valence-corrected chi connectivity index (χ4v) is 4.98. The first kappa shape index (κ1) is 20.9. The van der Waals surface area contributed by atoms with E-state index in [-0.39, 0.29) is 23.8 Å². The lowest BCUT2D eigenvalue weighted by molar-refractivity contribution is -0.140. The van der Waals surface area contributed by atoms with Crippen molar-refractivity contribution < 1.29 is 9.59 Å². The summed E-state index contributed by atoms with van der Waals surface area (Å²) < 4.78 is 0. The Labute approximate surface area is 178 Å². The first-order valence-electron chi connectivity index (χ1n) is 11.3. The van der Waals surface area contributed by atoms with E-state index in [1.807, 2.05) is 17.0 Å². The molecule has 4 N–H and O–H groups in total. The summed E-state index contributed by atoms with van der Waals surface area (Å²) >= 11 is 0. The molecular weight excluding hydrogens is 376 g/mol. The van der Waals surface area contributed by atoms with Crippen molar-refractivity contribution in [1.29, 1.82) is 0 Å². The highest BCUT2D eigenvalue weighted by atomic mass is 16.2. The van der Waals surface area contributed by atoms with Gasteiger partial charge in [-0.05, 0) is 63.0 Å². The zero-order chi connectivity index (χ0) is 21.3. The number of fused-ring (bicyclic) bond motifs is 1. The summed E-state index contributed by atoms with van der Waals surface area (Å²) in [6.07, 6.45) is 7.30.